The van der Waals surface area contributed by atoms with Crippen LogP contribution in [0.25, 0.3) is 10.8 Å². The number of benzene rings is 2. The zero-order valence-electron chi connectivity index (χ0n) is 16.4. The lowest BCUT2D eigenvalue weighted by atomic mass is 10.1. The maximum absolute atomic E-state index is 12.6. The molecule has 3 aromatic rings. The first-order valence-corrected chi connectivity index (χ1v) is 8.90. The van der Waals surface area contributed by atoms with Crippen molar-refractivity contribution < 1.29 is 14.4 Å². The molecule has 0 unspecified atom stereocenters. The number of aryl methyl sites for hydroxylation is 1. The maximum atomic E-state index is 12.6. The molecule has 9 nitrogen and oxygen atoms in total. The van der Waals surface area contributed by atoms with Gasteiger partial charge < -0.3 is 4.90 Å². The van der Waals surface area contributed by atoms with Crippen LogP contribution in [0.1, 0.15) is 20.8 Å². The van der Waals surface area contributed by atoms with Crippen LogP contribution in [0.4, 0.5) is 5.69 Å². The Labute approximate surface area is 171 Å². The largest absolute Gasteiger partial charge is 0.312 e. The number of anilines is 1. The summed E-state index contributed by atoms with van der Waals surface area (Å²) in [6.45, 7) is 3.43. The van der Waals surface area contributed by atoms with Crippen molar-refractivity contribution >= 4 is 34.2 Å². The van der Waals surface area contributed by atoms with Crippen molar-refractivity contribution in [3.8, 4) is 0 Å². The van der Waals surface area contributed by atoms with Crippen molar-refractivity contribution in [3.63, 3.8) is 0 Å². The molecule has 2 N–H and O–H groups in total. The molecule has 0 saturated heterocycles. The third-order valence-electron chi connectivity index (χ3n) is 4.48. The summed E-state index contributed by atoms with van der Waals surface area (Å²) in [6, 6.07) is 12.8. The van der Waals surface area contributed by atoms with Gasteiger partial charge in [0.15, 0.2) is 5.69 Å². The van der Waals surface area contributed by atoms with Gasteiger partial charge in [0, 0.05) is 30.7 Å². The minimum Gasteiger partial charge on any atom is -0.312 e. The Morgan fingerprint density at radius 1 is 1.00 bits per heavy atom. The lowest BCUT2D eigenvalue weighted by Gasteiger charge is -2.15. The molecule has 0 fully saturated rings. The van der Waals surface area contributed by atoms with E-state index in [4.69, 9.17) is 0 Å². The van der Waals surface area contributed by atoms with Crippen LogP contribution < -0.4 is 21.3 Å². The molecule has 3 rings (SSSR count). The lowest BCUT2D eigenvalue weighted by Crippen LogP contribution is -2.42. The van der Waals surface area contributed by atoms with Gasteiger partial charge in [-0.2, -0.15) is 5.10 Å². The van der Waals surface area contributed by atoms with E-state index in [0.29, 0.717) is 16.5 Å². The molecule has 9 heteroatoms. The zero-order chi connectivity index (χ0) is 21.8. The molecular formula is C21H19N5O4. The minimum absolute atomic E-state index is 0.00732. The Bertz CT molecular complexity index is 1210. The van der Waals surface area contributed by atoms with Crippen molar-refractivity contribution in [1.29, 1.82) is 0 Å². The van der Waals surface area contributed by atoms with Crippen LogP contribution >= 0.6 is 0 Å². The van der Waals surface area contributed by atoms with Gasteiger partial charge in [-0.3, -0.25) is 30.0 Å². The number of hydrogen-bond acceptors (Lipinski definition) is 5. The summed E-state index contributed by atoms with van der Waals surface area (Å²) in [4.78, 5) is 50.1. The number of nitrogens with zero attached hydrogens (tertiary/aromatic N) is 3. The van der Waals surface area contributed by atoms with Crippen LogP contribution in [0, 0.1) is 0 Å². The molecule has 0 aliphatic heterocycles. The summed E-state index contributed by atoms with van der Waals surface area (Å²) in [5, 5.41) is 4.73. The van der Waals surface area contributed by atoms with Crippen LogP contribution in [-0.4, -0.2) is 34.5 Å². The highest BCUT2D eigenvalue weighted by atomic mass is 16.2. The molecule has 0 saturated carbocycles. The van der Waals surface area contributed by atoms with Gasteiger partial charge in [0.1, 0.15) is 0 Å². The smallest absolute Gasteiger partial charge is 0.290 e. The van der Waals surface area contributed by atoms with E-state index in [0.717, 1.165) is 4.68 Å². The first kappa shape index (κ1) is 20.5. The molecule has 0 radical (unpaired) electrons. The summed E-state index contributed by atoms with van der Waals surface area (Å²) < 4.78 is 1.07. The minimum atomic E-state index is -0.664. The van der Waals surface area contributed by atoms with Crippen molar-refractivity contribution in [3.05, 3.63) is 82.8 Å². The van der Waals surface area contributed by atoms with Crippen LogP contribution in [0.3, 0.4) is 0 Å². The van der Waals surface area contributed by atoms with Crippen molar-refractivity contribution in [2.75, 3.05) is 11.9 Å². The molecular weight excluding hydrogens is 386 g/mol. The second-order valence-electron chi connectivity index (χ2n) is 6.38. The molecule has 1 aromatic heterocycles. The van der Waals surface area contributed by atoms with E-state index in [9.17, 15) is 19.2 Å². The highest BCUT2D eigenvalue weighted by molar-refractivity contribution is 6.06. The van der Waals surface area contributed by atoms with E-state index in [1.165, 1.54) is 30.2 Å². The molecule has 1 heterocycles. The summed E-state index contributed by atoms with van der Waals surface area (Å²) in [6.07, 6.45) is 1.19. The van der Waals surface area contributed by atoms with Crippen LogP contribution in [-0.2, 0) is 11.8 Å². The fraction of sp³-hybridized carbons (Fsp3) is 0.0952. The third-order valence-corrected chi connectivity index (χ3v) is 4.48. The number of nitrogens with one attached hydrogen (secondary N) is 2. The number of hydrazine groups is 1. The summed E-state index contributed by atoms with van der Waals surface area (Å²) in [7, 11) is 3.03. The van der Waals surface area contributed by atoms with Gasteiger partial charge in [0.2, 0.25) is 5.91 Å². The number of carbonyl (C=O) groups is 3. The first-order valence-electron chi connectivity index (χ1n) is 8.90. The van der Waals surface area contributed by atoms with Gasteiger partial charge in [0.05, 0.1) is 5.39 Å². The van der Waals surface area contributed by atoms with E-state index in [2.05, 4.69) is 22.5 Å². The average Bonchev–Trinajstić information content (AvgIpc) is 2.78. The molecule has 0 spiro atoms. The number of amides is 3. The van der Waals surface area contributed by atoms with E-state index >= 15 is 0 Å². The molecule has 0 aliphatic carbocycles. The van der Waals surface area contributed by atoms with E-state index < -0.39 is 11.8 Å². The Kier molecular flexibility index (Phi) is 5.73. The second-order valence-corrected chi connectivity index (χ2v) is 6.38. The molecule has 0 atom stereocenters. The van der Waals surface area contributed by atoms with Gasteiger partial charge in [-0.05, 0) is 36.4 Å². The highest BCUT2D eigenvalue weighted by Gasteiger charge is 2.17. The van der Waals surface area contributed by atoms with E-state index in [-0.39, 0.29) is 22.7 Å². The van der Waals surface area contributed by atoms with E-state index in [1.54, 1.807) is 43.4 Å². The second kappa shape index (κ2) is 8.39. The maximum Gasteiger partial charge on any atom is 0.290 e. The Hall–Kier alpha value is -4.27. The standard InChI is InChI=1S/C21H19N5O4/c1-4-17(27)25(2)14-11-9-13(10-12-14)19(28)22-23-20(29)18-15-7-5-6-8-16(15)21(30)26(3)24-18/h4-12H,1H2,2-3H3,(H,22,28)(H,23,29). The Morgan fingerprint density at radius 2 is 1.60 bits per heavy atom. The number of likely N-dealkylation sites (N-methyl/N-ethyl adjacent to an activating group) is 1. The molecule has 152 valence electrons. The summed E-state index contributed by atoms with van der Waals surface area (Å²) in [5.41, 5.74) is 5.16. The molecule has 3 amide bonds. The number of carbonyl (C=O) groups excluding carboxylic acids is 3. The Balaban J connectivity index is 1.74. The molecule has 30 heavy (non-hydrogen) atoms. The summed E-state index contributed by atoms with van der Waals surface area (Å²) in [5.74, 6) is -1.50. The average molecular weight is 405 g/mol. The van der Waals surface area contributed by atoms with Crippen molar-refractivity contribution in [2.45, 2.75) is 0 Å². The SMILES string of the molecule is C=CC(=O)N(C)c1ccc(C(=O)NNC(=O)c2nn(C)c(=O)c3ccccc23)cc1. The highest BCUT2D eigenvalue weighted by Crippen LogP contribution is 2.15. The number of rotatable bonds is 4. The molecule has 0 bridgehead atoms. The van der Waals surface area contributed by atoms with Gasteiger partial charge in [0.25, 0.3) is 17.4 Å². The van der Waals surface area contributed by atoms with Gasteiger partial charge >= 0.3 is 0 Å². The quantitative estimate of drug-likeness (QED) is 0.500. The predicted molar refractivity (Wildman–Crippen MR) is 112 cm³/mol. The first-order chi connectivity index (χ1) is 14.3. The molecule has 0 aliphatic rings. The number of fused-ring (bicyclic) bond motifs is 1. The number of hydrogen-bond donors (Lipinski definition) is 2. The fourth-order valence-electron chi connectivity index (χ4n) is 2.81. The Morgan fingerprint density at radius 3 is 2.23 bits per heavy atom. The van der Waals surface area contributed by atoms with Crippen LogP contribution in [0.15, 0.2) is 66.0 Å². The van der Waals surface area contributed by atoms with Crippen molar-refractivity contribution in [2.24, 2.45) is 7.05 Å². The monoisotopic (exact) mass is 405 g/mol. The third kappa shape index (κ3) is 3.95. The topological polar surface area (TPSA) is 113 Å². The molecule has 2 aromatic carbocycles. The van der Waals surface area contributed by atoms with Crippen molar-refractivity contribution in [1.82, 2.24) is 20.6 Å². The van der Waals surface area contributed by atoms with E-state index in [1.807, 2.05) is 0 Å². The van der Waals surface area contributed by atoms with Gasteiger partial charge in [-0.1, -0.05) is 24.8 Å². The van der Waals surface area contributed by atoms with Gasteiger partial charge in [-0.25, -0.2) is 4.68 Å². The lowest BCUT2D eigenvalue weighted by molar-refractivity contribution is -0.113. The summed E-state index contributed by atoms with van der Waals surface area (Å²) >= 11 is 0. The number of aromatic nitrogens is 2. The fourth-order valence-corrected chi connectivity index (χ4v) is 2.81. The van der Waals surface area contributed by atoms with Crippen LogP contribution in [0.2, 0.25) is 0 Å². The normalized spacial score (nSPS) is 10.3. The van der Waals surface area contributed by atoms with Gasteiger partial charge in [-0.15, -0.1) is 0 Å². The zero-order valence-corrected chi connectivity index (χ0v) is 16.4. The predicted octanol–water partition coefficient (Wildman–Crippen LogP) is 1.16. The van der Waals surface area contributed by atoms with Crippen LogP contribution in [0.5, 0.6) is 0 Å².